The van der Waals surface area contributed by atoms with Crippen LogP contribution in [0.3, 0.4) is 0 Å². The second kappa shape index (κ2) is 22.0. The molecule has 1 saturated heterocycles. The summed E-state index contributed by atoms with van der Waals surface area (Å²) >= 11 is 1.74. The fourth-order valence-electron chi connectivity index (χ4n) is 5.59. The van der Waals surface area contributed by atoms with E-state index in [-0.39, 0.29) is 17.9 Å². The van der Waals surface area contributed by atoms with Crippen molar-refractivity contribution in [1.29, 1.82) is 0 Å². The predicted octanol–water partition coefficient (Wildman–Crippen LogP) is 6.88. The zero-order valence-electron chi connectivity index (χ0n) is 27.6. The molecule has 7 heteroatoms. The average Bonchev–Trinajstić information content (AvgIpc) is 2.95. The van der Waals surface area contributed by atoms with Gasteiger partial charge in [0.2, 0.25) is 11.8 Å². The highest BCUT2D eigenvalue weighted by atomic mass is 32.2. The number of carbonyl (C=O) groups is 2. The predicted molar refractivity (Wildman–Crippen MR) is 182 cm³/mol. The highest BCUT2D eigenvalue weighted by molar-refractivity contribution is 7.99. The van der Waals surface area contributed by atoms with Gasteiger partial charge in [-0.1, -0.05) is 60.6 Å². The highest BCUT2D eigenvalue weighted by Gasteiger charge is 2.24. The quantitative estimate of drug-likeness (QED) is 0.125. The lowest BCUT2D eigenvalue weighted by atomic mass is 9.95. The Bertz CT molecular complexity index is 866. The van der Waals surface area contributed by atoms with E-state index >= 15 is 0 Å². The second-order valence-corrected chi connectivity index (χ2v) is 14.0. The molecule has 2 N–H and O–H groups in total. The van der Waals surface area contributed by atoms with Crippen molar-refractivity contribution in [2.24, 2.45) is 0 Å². The number of amides is 2. The zero-order valence-corrected chi connectivity index (χ0v) is 28.5. The van der Waals surface area contributed by atoms with E-state index in [9.17, 15) is 9.59 Å². The van der Waals surface area contributed by atoms with E-state index in [0.29, 0.717) is 12.2 Å². The Morgan fingerprint density at radius 3 is 2.19 bits per heavy atom. The van der Waals surface area contributed by atoms with Crippen LogP contribution in [-0.2, 0) is 9.59 Å². The maximum atomic E-state index is 13.2. The van der Waals surface area contributed by atoms with E-state index in [0.717, 1.165) is 96.3 Å². The number of allylic oxidation sites excluding steroid dienone is 5. The van der Waals surface area contributed by atoms with E-state index in [1.165, 1.54) is 36.0 Å². The minimum absolute atomic E-state index is 0.00718. The van der Waals surface area contributed by atoms with Crippen molar-refractivity contribution in [2.45, 2.75) is 123 Å². The molecule has 0 bridgehead atoms. The molecular formula is C35H62N4O2S. The highest BCUT2D eigenvalue weighted by Crippen LogP contribution is 2.18. The van der Waals surface area contributed by atoms with Crippen molar-refractivity contribution < 1.29 is 9.59 Å². The summed E-state index contributed by atoms with van der Waals surface area (Å²) in [6, 6.07) is -0.208. The van der Waals surface area contributed by atoms with Gasteiger partial charge in [-0.15, -0.1) is 0 Å². The number of piperazine rings is 1. The monoisotopic (exact) mass is 602 g/mol. The van der Waals surface area contributed by atoms with E-state index in [1.807, 2.05) is 0 Å². The summed E-state index contributed by atoms with van der Waals surface area (Å²) in [5.41, 5.74) is 4.24. The molecule has 2 aliphatic rings. The lowest BCUT2D eigenvalue weighted by molar-refractivity contribution is -0.129. The SMILES string of the molecule is CC(C)=CCC/C(C)=C/CC/C(C)=C/CSC[C@H](NC(=O)CCCCCN1CCN(C)CC1)C(=O)NC1CCCCC1. The molecule has 0 radical (unpaired) electrons. The standard InChI is InChI=1S/C35H62N4O2S/c1-29(2)14-12-15-30(3)16-13-17-31(4)21-27-42-28-33(35(41)36-32-18-8-6-9-19-32)37-34(40)20-10-7-11-22-39-25-23-38(5)24-26-39/h14,16,21,32-33H,6-13,15,17-20,22-28H2,1-5H3,(H,36,41)(H,37,40)/b30-16+,31-21+/t33-/m0/s1. The number of rotatable bonds is 19. The lowest BCUT2D eigenvalue weighted by Gasteiger charge is -2.32. The number of likely N-dealkylation sites (N-methyl/N-ethyl adjacent to an activating group) is 1. The summed E-state index contributed by atoms with van der Waals surface area (Å²) < 4.78 is 0. The third kappa shape index (κ3) is 17.5. The van der Waals surface area contributed by atoms with Gasteiger partial charge >= 0.3 is 0 Å². The van der Waals surface area contributed by atoms with Crippen molar-refractivity contribution in [3.05, 3.63) is 34.9 Å². The van der Waals surface area contributed by atoms with Crippen molar-refractivity contribution in [3.63, 3.8) is 0 Å². The van der Waals surface area contributed by atoms with Crippen molar-refractivity contribution in [2.75, 3.05) is 51.3 Å². The van der Waals surface area contributed by atoms with Crippen LogP contribution in [0.1, 0.15) is 111 Å². The van der Waals surface area contributed by atoms with Crippen LogP contribution in [0.4, 0.5) is 0 Å². The van der Waals surface area contributed by atoms with E-state index in [4.69, 9.17) is 0 Å². The molecule has 0 aromatic heterocycles. The molecule has 0 unspecified atom stereocenters. The summed E-state index contributed by atoms with van der Waals surface area (Å²) in [5, 5.41) is 6.34. The summed E-state index contributed by atoms with van der Waals surface area (Å²) in [5.74, 6) is 1.48. The van der Waals surface area contributed by atoms with Gasteiger partial charge in [-0.3, -0.25) is 9.59 Å². The first kappa shape index (κ1) is 36.6. The molecule has 1 atom stereocenters. The number of thioether (sulfide) groups is 1. The summed E-state index contributed by atoms with van der Waals surface area (Å²) in [4.78, 5) is 30.9. The maximum absolute atomic E-state index is 13.2. The lowest BCUT2D eigenvalue weighted by Crippen LogP contribution is -2.51. The van der Waals surface area contributed by atoms with Gasteiger partial charge in [0, 0.05) is 50.1 Å². The Morgan fingerprint density at radius 1 is 0.833 bits per heavy atom. The fourth-order valence-corrected chi connectivity index (χ4v) is 6.60. The molecule has 2 rings (SSSR count). The first-order valence-electron chi connectivity index (χ1n) is 16.8. The van der Waals surface area contributed by atoms with Gasteiger partial charge in [0.15, 0.2) is 0 Å². The second-order valence-electron chi connectivity index (χ2n) is 12.9. The molecule has 0 aromatic rings. The molecule has 6 nitrogen and oxygen atoms in total. The van der Waals surface area contributed by atoms with Crippen molar-refractivity contribution in [3.8, 4) is 0 Å². The molecule has 1 aliphatic heterocycles. The van der Waals surface area contributed by atoms with Crippen LogP contribution in [0.25, 0.3) is 0 Å². The van der Waals surface area contributed by atoms with Crippen LogP contribution < -0.4 is 10.6 Å². The molecular weight excluding hydrogens is 540 g/mol. The Morgan fingerprint density at radius 2 is 1.50 bits per heavy atom. The topological polar surface area (TPSA) is 64.7 Å². The average molecular weight is 603 g/mol. The number of hydrogen-bond donors (Lipinski definition) is 2. The third-order valence-corrected chi connectivity index (χ3v) is 9.51. The summed E-state index contributed by atoms with van der Waals surface area (Å²) in [7, 11) is 2.18. The molecule has 42 heavy (non-hydrogen) atoms. The number of hydrogen-bond acceptors (Lipinski definition) is 5. The number of nitrogens with one attached hydrogen (secondary N) is 2. The number of unbranched alkanes of at least 4 members (excludes halogenated alkanes) is 2. The van der Waals surface area contributed by atoms with Gasteiger partial charge in [-0.05, 0) is 92.7 Å². The van der Waals surface area contributed by atoms with Crippen LogP contribution in [0.5, 0.6) is 0 Å². The number of nitrogens with zero attached hydrogens (tertiary/aromatic N) is 2. The number of carbonyl (C=O) groups excluding carboxylic acids is 2. The van der Waals surface area contributed by atoms with Crippen LogP contribution in [-0.4, -0.2) is 85.0 Å². The molecule has 0 spiro atoms. The van der Waals surface area contributed by atoms with Gasteiger partial charge in [0.05, 0.1) is 0 Å². The Labute approximate surface area is 262 Å². The summed E-state index contributed by atoms with van der Waals surface area (Å²) in [6.45, 7) is 14.5. The van der Waals surface area contributed by atoms with Gasteiger partial charge in [-0.25, -0.2) is 0 Å². The first-order valence-corrected chi connectivity index (χ1v) is 17.9. The molecule has 1 saturated carbocycles. The maximum Gasteiger partial charge on any atom is 0.243 e. The van der Waals surface area contributed by atoms with E-state index < -0.39 is 6.04 Å². The van der Waals surface area contributed by atoms with Crippen molar-refractivity contribution in [1.82, 2.24) is 20.4 Å². The molecule has 2 amide bonds. The molecule has 0 aromatic carbocycles. The fraction of sp³-hybridized carbons (Fsp3) is 0.771. The third-order valence-electron chi connectivity index (χ3n) is 8.53. The Balaban J connectivity index is 1.73. The Kier molecular flexibility index (Phi) is 19.2. The molecule has 1 heterocycles. The minimum Gasteiger partial charge on any atom is -0.352 e. The first-order chi connectivity index (χ1) is 20.2. The summed E-state index contributed by atoms with van der Waals surface area (Å²) in [6.07, 6.45) is 20.7. The Hall–Kier alpha value is -1.57. The zero-order chi connectivity index (χ0) is 30.6. The smallest absolute Gasteiger partial charge is 0.243 e. The van der Waals surface area contributed by atoms with Crippen LogP contribution in [0.15, 0.2) is 34.9 Å². The molecule has 2 fully saturated rings. The van der Waals surface area contributed by atoms with Gasteiger partial charge < -0.3 is 20.4 Å². The molecule has 1 aliphatic carbocycles. The van der Waals surface area contributed by atoms with E-state index in [1.54, 1.807) is 11.8 Å². The van der Waals surface area contributed by atoms with Gasteiger partial charge in [0.25, 0.3) is 0 Å². The van der Waals surface area contributed by atoms with Crippen LogP contribution in [0, 0.1) is 0 Å². The normalized spacial score (nSPS) is 18.5. The largest absolute Gasteiger partial charge is 0.352 e. The molecule has 240 valence electrons. The van der Waals surface area contributed by atoms with Crippen LogP contribution in [0.2, 0.25) is 0 Å². The van der Waals surface area contributed by atoms with Crippen LogP contribution >= 0.6 is 11.8 Å². The van der Waals surface area contributed by atoms with Crippen molar-refractivity contribution >= 4 is 23.6 Å². The van der Waals surface area contributed by atoms with E-state index in [2.05, 4.69) is 73.4 Å². The van der Waals surface area contributed by atoms with Gasteiger partial charge in [0.1, 0.15) is 6.04 Å². The van der Waals surface area contributed by atoms with Gasteiger partial charge in [-0.2, -0.15) is 11.8 Å². The minimum atomic E-state index is -0.463.